The van der Waals surface area contributed by atoms with Gasteiger partial charge < -0.3 is 10.6 Å². The van der Waals surface area contributed by atoms with E-state index in [4.69, 9.17) is 0 Å². The smallest absolute Gasteiger partial charge is 0.0651 e. The number of anilines is 1. The van der Waals surface area contributed by atoms with Crippen molar-refractivity contribution in [2.75, 3.05) is 11.9 Å². The Kier molecular flexibility index (Phi) is 4.98. The van der Waals surface area contributed by atoms with Crippen molar-refractivity contribution in [2.24, 2.45) is 0 Å². The molecular weight excluding hydrogens is 308 g/mol. The molecule has 0 radical (unpaired) electrons. The van der Waals surface area contributed by atoms with E-state index in [9.17, 15) is 0 Å². The van der Waals surface area contributed by atoms with Crippen LogP contribution in [0.25, 0.3) is 10.9 Å². The Hall–Kier alpha value is -2.33. The molecule has 4 rings (SSSR count). The third-order valence-electron chi connectivity index (χ3n) is 5.23. The number of hydrogen-bond acceptors (Lipinski definition) is 3. The molecule has 0 saturated heterocycles. The Morgan fingerprint density at radius 3 is 2.60 bits per heavy atom. The van der Waals surface area contributed by atoms with Gasteiger partial charge in [-0.05, 0) is 62.4 Å². The lowest BCUT2D eigenvalue weighted by atomic mass is 9.91. The molecule has 0 aliphatic heterocycles. The molecule has 0 atom stereocenters. The van der Waals surface area contributed by atoms with Gasteiger partial charge in [0.05, 0.1) is 11.7 Å². The van der Waals surface area contributed by atoms with Gasteiger partial charge in [0.2, 0.25) is 0 Å². The SMILES string of the molecule is c1ccc(CCNC2CCC(Nc3ccc4[nH]ncc4c3)CC2)cc1. The average Bonchev–Trinajstić information content (AvgIpc) is 3.12. The molecule has 0 spiro atoms. The van der Waals surface area contributed by atoms with Gasteiger partial charge in [0.15, 0.2) is 0 Å². The van der Waals surface area contributed by atoms with Crippen LogP contribution in [0.5, 0.6) is 0 Å². The lowest BCUT2D eigenvalue weighted by Gasteiger charge is -2.30. The molecular formula is C21H26N4. The molecule has 3 N–H and O–H groups in total. The first-order valence-electron chi connectivity index (χ1n) is 9.34. The number of aromatic amines is 1. The van der Waals surface area contributed by atoms with Crippen molar-refractivity contribution in [3.8, 4) is 0 Å². The van der Waals surface area contributed by atoms with Crippen molar-refractivity contribution in [1.82, 2.24) is 15.5 Å². The Morgan fingerprint density at radius 1 is 0.960 bits per heavy atom. The van der Waals surface area contributed by atoms with Crippen LogP contribution in [0.2, 0.25) is 0 Å². The van der Waals surface area contributed by atoms with Crippen LogP contribution < -0.4 is 10.6 Å². The van der Waals surface area contributed by atoms with Crippen molar-refractivity contribution in [2.45, 2.75) is 44.2 Å². The second kappa shape index (κ2) is 7.70. The van der Waals surface area contributed by atoms with E-state index in [0.29, 0.717) is 12.1 Å². The summed E-state index contributed by atoms with van der Waals surface area (Å²) in [5.41, 5.74) is 3.71. The van der Waals surface area contributed by atoms with E-state index in [0.717, 1.165) is 18.5 Å². The van der Waals surface area contributed by atoms with Gasteiger partial charge in [-0.15, -0.1) is 0 Å². The Labute approximate surface area is 149 Å². The van der Waals surface area contributed by atoms with E-state index in [1.165, 1.54) is 42.3 Å². The zero-order valence-electron chi connectivity index (χ0n) is 14.5. The fourth-order valence-electron chi connectivity index (χ4n) is 3.78. The first-order valence-corrected chi connectivity index (χ1v) is 9.34. The minimum absolute atomic E-state index is 0.580. The maximum atomic E-state index is 4.09. The normalized spacial score (nSPS) is 20.6. The second-order valence-corrected chi connectivity index (χ2v) is 7.05. The molecule has 1 aromatic heterocycles. The number of aromatic nitrogens is 2. The predicted molar refractivity (Wildman–Crippen MR) is 104 cm³/mol. The van der Waals surface area contributed by atoms with Crippen LogP contribution in [-0.4, -0.2) is 28.8 Å². The van der Waals surface area contributed by atoms with Gasteiger partial charge in [-0.1, -0.05) is 30.3 Å². The number of nitrogens with zero attached hydrogens (tertiary/aromatic N) is 1. The largest absolute Gasteiger partial charge is 0.382 e. The van der Waals surface area contributed by atoms with Crippen LogP contribution in [0.4, 0.5) is 5.69 Å². The summed E-state index contributed by atoms with van der Waals surface area (Å²) in [6.07, 6.45) is 7.96. The first-order chi connectivity index (χ1) is 12.4. The van der Waals surface area contributed by atoms with Crippen LogP contribution in [0, 0.1) is 0 Å². The van der Waals surface area contributed by atoms with E-state index in [1.807, 2.05) is 6.20 Å². The zero-order valence-corrected chi connectivity index (χ0v) is 14.5. The zero-order chi connectivity index (χ0) is 16.9. The number of benzene rings is 2. The summed E-state index contributed by atoms with van der Waals surface area (Å²) in [5.74, 6) is 0. The van der Waals surface area contributed by atoms with Gasteiger partial charge in [-0.25, -0.2) is 0 Å². The van der Waals surface area contributed by atoms with Gasteiger partial charge in [0.1, 0.15) is 0 Å². The molecule has 1 heterocycles. The number of rotatable bonds is 6. The quantitative estimate of drug-likeness (QED) is 0.635. The molecule has 0 bridgehead atoms. The van der Waals surface area contributed by atoms with Crippen molar-refractivity contribution in [3.05, 3.63) is 60.3 Å². The summed E-state index contributed by atoms with van der Waals surface area (Å²) in [7, 11) is 0. The molecule has 1 fully saturated rings. The first kappa shape index (κ1) is 16.2. The molecule has 130 valence electrons. The third-order valence-corrected chi connectivity index (χ3v) is 5.23. The molecule has 1 aliphatic carbocycles. The van der Waals surface area contributed by atoms with Gasteiger partial charge in [0.25, 0.3) is 0 Å². The summed E-state index contributed by atoms with van der Waals surface area (Å²) < 4.78 is 0. The van der Waals surface area contributed by atoms with Crippen molar-refractivity contribution in [3.63, 3.8) is 0 Å². The van der Waals surface area contributed by atoms with Crippen LogP contribution in [0.3, 0.4) is 0 Å². The molecule has 1 aliphatic rings. The molecule has 3 aromatic rings. The lowest BCUT2D eigenvalue weighted by molar-refractivity contribution is 0.356. The number of nitrogens with one attached hydrogen (secondary N) is 3. The lowest BCUT2D eigenvalue weighted by Crippen LogP contribution is -2.37. The fraction of sp³-hybridized carbons (Fsp3) is 0.381. The van der Waals surface area contributed by atoms with Gasteiger partial charge in [-0.3, -0.25) is 5.10 Å². The standard InChI is InChI=1S/C21H26N4/c1-2-4-16(5-3-1)12-13-22-18-6-8-19(9-7-18)24-20-10-11-21-17(14-20)15-23-25-21/h1-5,10-11,14-15,18-19,22,24H,6-9,12-13H2,(H,23,25). The summed E-state index contributed by atoms with van der Waals surface area (Å²) in [6.45, 7) is 1.07. The highest BCUT2D eigenvalue weighted by Gasteiger charge is 2.20. The van der Waals surface area contributed by atoms with E-state index in [2.05, 4.69) is 69.4 Å². The molecule has 0 amide bonds. The summed E-state index contributed by atoms with van der Waals surface area (Å²) in [5, 5.41) is 15.7. The Morgan fingerprint density at radius 2 is 1.76 bits per heavy atom. The third kappa shape index (κ3) is 4.20. The molecule has 0 unspecified atom stereocenters. The minimum Gasteiger partial charge on any atom is -0.382 e. The minimum atomic E-state index is 0.580. The van der Waals surface area contributed by atoms with Gasteiger partial charge in [-0.2, -0.15) is 5.10 Å². The summed E-state index contributed by atoms with van der Waals surface area (Å²) >= 11 is 0. The van der Waals surface area contributed by atoms with Crippen LogP contribution >= 0.6 is 0 Å². The number of hydrogen-bond donors (Lipinski definition) is 3. The van der Waals surface area contributed by atoms with Crippen molar-refractivity contribution >= 4 is 16.6 Å². The Bertz CT molecular complexity index is 788. The van der Waals surface area contributed by atoms with E-state index in [1.54, 1.807) is 0 Å². The Balaban J connectivity index is 1.21. The highest BCUT2D eigenvalue weighted by Crippen LogP contribution is 2.24. The van der Waals surface area contributed by atoms with E-state index >= 15 is 0 Å². The highest BCUT2D eigenvalue weighted by molar-refractivity contribution is 5.81. The number of H-pyrrole nitrogens is 1. The van der Waals surface area contributed by atoms with Gasteiger partial charge in [0, 0.05) is 23.2 Å². The summed E-state index contributed by atoms with van der Waals surface area (Å²) in [6, 6.07) is 18.4. The molecule has 4 nitrogen and oxygen atoms in total. The van der Waals surface area contributed by atoms with E-state index in [-0.39, 0.29) is 0 Å². The maximum Gasteiger partial charge on any atom is 0.0651 e. The van der Waals surface area contributed by atoms with Crippen molar-refractivity contribution < 1.29 is 0 Å². The number of fused-ring (bicyclic) bond motifs is 1. The van der Waals surface area contributed by atoms with Crippen LogP contribution in [0.15, 0.2) is 54.7 Å². The van der Waals surface area contributed by atoms with Crippen LogP contribution in [-0.2, 0) is 6.42 Å². The fourth-order valence-corrected chi connectivity index (χ4v) is 3.78. The summed E-state index contributed by atoms with van der Waals surface area (Å²) in [4.78, 5) is 0. The molecule has 1 saturated carbocycles. The molecule has 4 heteroatoms. The topological polar surface area (TPSA) is 52.7 Å². The average molecular weight is 334 g/mol. The molecule has 25 heavy (non-hydrogen) atoms. The predicted octanol–water partition coefficient (Wildman–Crippen LogP) is 4.12. The maximum absolute atomic E-state index is 4.09. The van der Waals surface area contributed by atoms with E-state index < -0.39 is 0 Å². The van der Waals surface area contributed by atoms with Crippen molar-refractivity contribution in [1.29, 1.82) is 0 Å². The van der Waals surface area contributed by atoms with Crippen LogP contribution in [0.1, 0.15) is 31.2 Å². The monoisotopic (exact) mass is 334 g/mol. The van der Waals surface area contributed by atoms with Gasteiger partial charge >= 0.3 is 0 Å². The second-order valence-electron chi connectivity index (χ2n) is 7.05. The highest BCUT2D eigenvalue weighted by atomic mass is 15.1. The molecule has 2 aromatic carbocycles.